The summed E-state index contributed by atoms with van der Waals surface area (Å²) in [6, 6.07) is 0.401. The van der Waals surface area contributed by atoms with Gasteiger partial charge < -0.3 is 10.1 Å². The van der Waals surface area contributed by atoms with Crippen molar-refractivity contribution in [3.63, 3.8) is 0 Å². The number of hydrogen-bond donors (Lipinski definition) is 1. The van der Waals surface area contributed by atoms with Crippen LogP contribution in [-0.2, 0) is 9.53 Å². The number of ether oxygens (including phenoxy) is 1. The van der Waals surface area contributed by atoms with Crippen molar-refractivity contribution in [3.05, 3.63) is 0 Å². The Hall–Kier alpha value is -0.570. The fraction of sp³-hybridized carbons (Fsp3) is 0.917. The molecule has 1 amide bonds. The maximum absolute atomic E-state index is 11.8. The van der Waals surface area contributed by atoms with Crippen molar-refractivity contribution in [2.75, 3.05) is 6.61 Å². The zero-order chi connectivity index (χ0) is 10.7. The van der Waals surface area contributed by atoms with Crippen molar-refractivity contribution < 1.29 is 9.53 Å². The zero-order valence-corrected chi connectivity index (χ0v) is 9.50. The summed E-state index contributed by atoms with van der Waals surface area (Å²) >= 11 is 0. The molecule has 15 heavy (non-hydrogen) atoms. The van der Waals surface area contributed by atoms with E-state index >= 15 is 0 Å². The molecule has 0 aromatic carbocycles. The van der Waals surface area contributed by atoms with E-state index in [1.165, 1.54) is 12.8 Å². The van der Waals surface area contributed by atoms with Crippen molar-refractivity contribution in [1.29, 1.82) is 0 Å². The third-order valence-corrected chi connectivity index (χ3v) is 3.58. The minimum atomic E-state index is -0.163. The first kappa shape index (κ1) is 10.9. The van der Waals surface area contributed by atoms with Gasteiger partial charge in [0.25, 0.3) is 0 Å². The third-order valence-electron chi connectivity index (χ3n) is 3.58. The Kier molecular flexibility index (Phi) is 3.62. The normalized spacial score (nSPS) is 36.5. The summed E-state index contributed by atoms with van der Waals surface area (Å²) in [5, 5.41) is 3.12. The van der Waals surface area contributed by atoms with Gasteiger partial charge in [-0.1, -0.05) is 6.92 Å². The average molecular weight is 211 g/mol. The van der Waals surface area contributed by atoms with Crippen LogP contribution in [0, 0.1) is 5.92 Å². The SMILES string of the molecule is CC1CCC(NC(=O)[C@@H]2CCCO2)CC1. The Bertz CT molecular complexity index is 216. The molecule has 2 rings (SSSR count). The molecule has 86 valence electrons. The van der Waals surface area contributed by atoms with E-state index in [2.05, 4.69) is 12.2 Å². The summed E-state index contributed by atoms with van der Waals surface area (Å²) in [7, 11) is 0. The van der Waals surface area contributed by atoms with Crippen LogP contribution < -0.4 is 5.32 Å². The van der Waals surface area contributed by atoms with Gasteiger partial charge in [0, 0.05) is 12.6 Å². The zero-order valence-electron chi connectivity index (χ0n) is 9.50. The Balaban J connectivity index is 1.74. The number of rotatable bonds is 2. The van der Waals surface area contributed by atoms with Crippen molar-refractivity contribution in [3.8, 4) is 0 Å². The van der Waals surface area contributed by atoms with Gasteiger partial charge in [0.2, 0.25) is 5.91 Å². The second kappa shape index (κ2) is 4.97. The number of amides is 1. The topological polar surface area (TPSA) is 38.3 Å². The number of nitrogens with one attached hydrogen (secondary N) is 1. The van der Waals surface area contributed by atoms with Crippen molar-refractivity contribution in [2.24, 2.45) is 5.92 Å². The molecule has 1 heterocycles. The number of hydrogen-bond acceptors (Lipinski definition) is 2. The van der Waals surface area contributed by atoms with Crippen LogP contribution in [0.2, 0.25) is 0 Å². The maximum Gasteiger partial charge on any atom is 0.249 e. The lowest BCUT2D eigenvalue weighted by Gasteiger charge is -2.27. The van der Waals surface area contributed by atoms with Crippen LogP contribution in [0.4, 0.5) is 0 Å². The molecule has 1 saturated carbocycles. The highest BCUT2D eigenvalue weighted by Crippen LogP contribution is 2.23. The van der Waals surface area contributed by atoms with Gasteiger partial charge in [-0.3, -0.25) is 4.79 Å². The third kappa shape index (κ3) is 2.94. The van der Waals surface area contributed by atoms with Crippen LogP contribution in [-0.4, -0.2) is 24.7 Å². The summed E-state index contributed by atoms with van der Waals surface area (Å²) < 4.78 is 5.37. The quantitative estimate of drug-likeness (QED) is 0.757. The molecule has 3 heteroatoms. The van der Waals surface area contributed by atoms with E-state index in [-0.39, 0.29) is 12.0 Å². The summed E-state index contributed by atoms with van der Waals surface area (Å²) in [6.45, 7) is 3.04. The molecule has 0 spiro atoms. The van der Waals surface area contributed by atoms with Crippen molar-refractivity contribution in [2.45, 2.75) is 57.6 Å². The molecule has 1 aliphatic heterocycles. The summed E-state index contributed by atoms with van der Waals surface area (Å²) in [5.74, 6) is 0.952. The maximum atomic E-state index is 11.8. The van der Waals surface area contributed by atoms with E-state index in [0.29, 0.717) is 6.04 Å². The predicted molar refractivity (Wildman–Crippen MR) is 58.5 cm³/mol. The van der Waals surface area contributed by atoms with E-state index in [4.69, 9.17) is 4.74 Å². The molecule has 0 aromatic heterocycles. The minimum Gasteiger partial charge on any atom is -0.368 e. The molecule has 0 unspecified atom stereocenters. The highest BCUT2D eigenvalue weighted by Gasteiger charge is 2.26. The van der Waals surface area contributed by atoms with E-state index < -0.39 is 0 Å². The standard InChI is InChI=1S/C12H21NO2/c1-9-4-6-10(7-5-9)13-12(14)11-3-2-8-15-11/h9-11H,2-8H2,1H3,(H,13,14)/t9?,10?,11-/m0/s1. The molecular formula is C12H21NO2. The molecule has 3 nitrogen and oxygen atoms in total. The van der Waals surface area contributed by atoms with Crippen LogP contribution >= 0.6 is 0 Å². The lowest BCUT2D eigenvalue weighted by molar-refractivity contribution is -0.131. The second-order valence-corrected chi connectivity index (χ2v) is 4.97. The molecule has 1 N–H and O–H groups in total. The lowest BCUT2D eigenvalue weighted by Crippen LogP contribution is -2.42. The molecular weight excluding hydrogens is 190 g/mol. The van der Waals surface area contributed by atoms with Gasteiger partial charge in [0.05, 0.1) is 0 Å². The summed E-state index contributed by atoms with van der Waals surface area (Å²) in [5.41, 5.74) is 0. The Morgan fingerprint density at radius 1 is 1.20 bits per heavy atom. The Labute approximate surface area is 91.6 Å². The second-order valence-electron chi connectivity index (χ2n) is 4.97. The summed E-state index contributed by atoms with van der Waals surface area (Å²) in [6.07, 6.45) is 6.53. The van der Waals surface area contributed by atoms with Gasteiger partial charge in [0.1, 0.15) is 6.10 Å². The van der Waals surface area contributed by atoms with Gasteiger partial charge in [0.15, 0.2) is 0 Å². The van der Waals surface area contributed by atoms with Gasteiger partial charge in [-0.15, -0.1) is 0 Å². The van der Waals surface area contributed by atoms with Gasteiger partial charge in [-0.05, 0) is 44.4 Å². The lowest BCUT2D eigenvalue weighted by atomic mass is 9.87. The van der Waals surface area contributed by atoms with Crippen LogP contribution in [0.15, 0.2) is 0 Å². The van der Waals surface area contributed by atoms with Gasteiger partial charge in [-0.25, -0.2) is 0 Å². The largest absolute Gasteiger partial charge is 0.368 e. The molecule has 0 bridgehead atoms. The Morgan fingerprint density at radius 3 is 2.53 bits per heavy atom. The highest BCUT2D eigenvalue weighted by atomic mass is 16.5. The van der Waals surface area contributed by atoms with E-state index in [0.717, 1.165) is 38.2 Å². The average Bonchev–Trinajstić information content (AvgIpc) is 2.74. The van der Waals surface area contributed by atoms with E-state index in [1.807, 2.05) is 0 Å². The smallest absolute Gasteiger partial charge is 0.249 e. The first-order chi connectivity index (χ1) is 7.25. The number of carbonyl (C=O) groups excluding carboxylic acids is 1. The van der Waals surface area contributed by atoms with Crippen molar-refractivity contribution in [1.82, 2.24) is 5.32 Å². The van der Waals surface area contributed by atoms with Gasteiger partial charge >= 0.3 is 0 Å². The van der Waals surface area contributed by atoms with Crippen LogP contribution in [0.5, 0.6) is 0 Å². The molecule has 0 radical (unpaired) electrons. The van der Waals surface area contributed by atoms with Crippen molar-refractivity contribution >= 4 is 5.91 Å². The van der Waals surface area contributed by atoms with Crippen LogP contribution in [0.3, 0.4) is 0 Å². The van der Waals surface area contributed by atoms with Crippen LogP contribution in [0.1, 0.15) is 45.4 Å². The first-order valence-corrected chi connectivity index (χ1v) is 6.17. The molecule has 1 saturated heterocycles. The Morgan fingerprint density at radius 2 is 1.93 bits per heavy atom. The summed E-state index contributed by atoms with van der Waals surface area (Å²) in [4.78, 5) is 11.8. The molecule has 1 atom stereocenters. The molecule has 2 fully saturated rings. The minimum absolute atomic E-state index is 0.118. The monoisotopic (exact) mass is 211 g/mol. The van der Waals surface area contributed by atoms with E-state index in [9.17, 15) is 4.79 Å². The molecule has 0 aromatic rings. The van der Waals surface area contributed by atoms with E-state index in [1.54, 1.807) is 0 Å². The predicted octanol–water partition coefficient (Wildman–Crippen LogP) is 1.86. The fourth-order valence-corrected chi connectivity index (χ4v) is 2.48. The highest BCUT2D eigenvalue weighted by molar-refractivity contribution is 5.81. The van der Waals surface area contributed by atoms with Crippen LogP contribution in [0.25, 0.3) is 0 Å². The molecule has 1 aliphatic carbocycles. The molecule has 2 aliphatic rings. The number of carbonyl (C=O) groups is 1. The first-order valence-electron chi connectivity index (χ1n) is 6.17. The fourth-order valence-electron chi connectivity index (χ4n) is 2.48. The van der Waals surface area contributed by atoms with Gasteiger partial charge in [-0.2, -0.15) is 0 Å².